The first-order chi connectivity index (χ1) is 21.7. The maximum atomic E-state index is 13.5. The van der Waals surface area contributed by atoms with Gasteiger partial charge in [0.1, 0.15) is 12.1 Å². The molecule has 0 unspecified atom stereocenters. The lowest BCUT2D eigenvalue weighted by Gasteiger charge is -2.25. The van der Waals surface area contributed by atoms with Crippen LogP contribution in [0.5, 0.6) is 0 Å². The number of carbonyl (C=O) groups is 3. The minimum absolute atomic E-state index is 0.0285. The largest absolute Gasteiger partial charge is 0.460 e. The Morgan fingerprint density at radius 3 is 2.69 bits per heavy atom. The van der Waals surface area contributed by atoms with Crippen LogP contribution in [0.1, 0.15) is 63.6 Å². The van der Waals surface area contributed by atoms with Gasteiger partial charge in [-0.05, 0) is 57.4 Å². The van der Waals surface area contributed by atoms with Gasteiger partial charge in [0.05, 0.1) is 24.6 Å². The number of unbranched alkanes of at least 4 members (excludes halogenated alkanes) is 1. The highest BCUT2D eigenvalue weighted by atomic mass is 16.5. The van der Waals surface area contributed by atoms with Crippen LogP contribution in [0.3, 0.4) is 0 Å². The van der Waals surface area contributed by atoms with E-state index >= 15 is 0 Å². The van der Waals surface area contributed by atoms with E-state index in [1.54, 1.807) is 12.3 Å². The molecule has 0 bridgehead atoms. The van der Waals surface area contributed by atoms with Crippen molar-refractivity contribution in [3.05, 3.63) is 78.4 Å². The van der Waals surface area contributed by atoms with Gasteiger partial charge >= 0.3 is 5.97 Å². The number of H-pyrrole nitrogens is 1. The highest BCUT2D eigenvalue weighted by molar-refractivity contribution is 5.87. The number of nitrogens with one attached hydrogen (secondary N) is 3. The molecule has 1 aliphatic rings. The zero-order chi connectivity index (χ0) is 32.6. The van der Waals surface area contributed by atoms with E-state index in [2.05, 4.69) is 20.6 Å². The molecule has 0 saturated heterocycles. The molecule has 246 valence electrons. The van der Waals surface area contributed by atoms with Crippen molar-refractivity contribution in [1.82, 2.24) is 20.6 Å². The average Bonchev–Trinajstić information content (AvgIpc) is 3.63. The molecule has 11 nitrogen and oxygen atoms in total. The summed E-state index contributed by atoms with van der Waals surface area (Å²) in [4.78, 5) is 44.5. The molecule has 1 aliphatic carbocycles. The van der Waals surface area contributed by atoms with E-state index in [9.17, 15) is 24.6 Å². The number of aliphatic hydroxyl groups excluding tert-OH is 2. The molecule has 3 rings (SSSR count). The van der Waals surface area contributed by atoms with E-state index in [4.69, 9.17) is 10.5 Å². The van der Waals surface area contributed by atoms with Crippen LogP contribution in [0.2, 0.25) is 0 Å². The quantitative estimate of drug-likeness (QED) is 0.0833. The van der Waals surface area contributed by atoms with Gasteiger partial charge in [0, 0.05) is 43.6 Å². The third-order valence-electron chi connectivity index (χ3n) is 8.00. The molecular formula is C34H49N5O6. The molecule has 0 radical (unpaired) electrons. The second-order valence-electron chi connectivity index (χ2n) is 11.7. The number of aromatic amines is 1. The van der Waals surface area contributed by atoms with Gasteiger partial charge in [-0.25, -0.2) is 9.78 Å². The van der Waals surface area contributed by atoms with Gasteiger partial charge in [0.25, 0.3) is 0 Å². The molecule has 1 aromatic carbocycles. The number of amides is 2. The monoisotopic (exact) mass is 623 g/mol. The van der Waals surface area contributed by atoms with E-state index in [0.29, 0.717) is 37.9 Å². The number of aryl methyl sites for hydroxylation is 1. The Morgan fingerprint density at radius 1 is 1.22 bits per heavy atom. The van der Waals surface area contributed by atoms with Gasteiger partial charge in [-0.1, -0.05) is 54.6 Å². The summed E-state index contributed by atoms with van der Waals surface area (Å²) >= 11 is 0. The number of aliphatic hydroxyl groups is 2. The van der Waals surface area contributed by atoms with Gasteiger partial charge in [0.15, 0.2) is 0 Å². The molecular weight excluding hydrogens is 574 g/mol. The zero-order valence-electron chi connectivity index (χ0n) is 26.3. The number of allylic oxidation sites excluding steroid dienone is 2. The first-order valence-electron chi connectivity index (χ1n) is 15.9. The molecule has 1 heterocycles. The van der Waals surface area contributed by atoms with Crippen LogP contribution in [0.4, 0.5) is 0 Å². The number of ether oxygens (including phenoxy) is 1. The van der Waals surface area contributed by atoms with E-state index in [0.717, 1.165) is 18.4 Å². The first-order valence-corrected chi connectivity index (χ1v) is 15.9. The van der Waals surface area contributed by atoms with Crippen molar-refractivity contribution >= 4 is 17.8 Å². The van der Waals surface area contributed by atoms with Crippen molar-refractivity contribution in [1.29, 1.82) is 0 Å². The maximum Gasteiger partial charge on any atom is 0.329 e. The minimum atomic E-state index is -1.01. The summed E-state index contributed by atoms with van der Waals surface area (Å²) in [6.07, 6.45) is 12.5. The molecule has 7 N–H and O–H groups in total. The molecule has 1 fully saturated rings. The van der Waals surface area contributed by atoms with Gasteiger partial charge in [-0.3, -0.25) is 9.59 Å². The Hall–Kier alpha value is -3.80. The van der Waals surface area contributed by atoms with Crippen molar-refractivity contribution < 1.29 is 29.3 Å². The third kappa shape index (κ3) is 12.3. The van der Waals surface area contributed by atoms with Crippen LogP contribution in [-0.2, 0) is 32.0 Å². The summed E-state index contributed by atoms with van der Waals surface area (Å²) in [5.41, 5.74) is 7.50. The fourth-order valence-corrected chi connectivity index (χ4v) is 5.50. The average molecular weight is 624 g/mol. The van der Waals surface area contributed by atoms with Crippen LogP contribution in [0.15, 0.2) is 67.2 Å². The Morgan fingerprint density at radius 2 is 2.00 bits per heavy atom. The topological polar surface area (TPSA) is 180 Å². The normalized spacial score (nSPS) is 21.9. The fraction of sp³-hybridized carbons (Fsp3) is 0.529. The Kier molecular flexibility index (Phi) is 15.0. The number of rotatable bonds is 18. The predicted molar refractivity (Wildman–Crippen MR) is 172 cm³/mol. The Labute approximate surface area is 265 Å². The number of hydrogen-bond donors (Lipinski definition) is 6. The van der Waals surface area contributed by atoms with Gasteiger partial charge < -0.3 is 36.3 Å². The number of nitrogens with zero attached hydrogens (tertiary/aromatic N) is 1. The lowest BCUT2D eigenvalue weighted by atomic mass is 9.89. The van der Waals surface area contributed by atoms with Crippen LogP contribution in [0, 0.1) is 11.8 Å². The number of benzene rings is 1. The standard InChI is InChI=1S/C34H49N5O6/c1-3-37-32(42)14-10-5-4-9-13-27-28(18-17-26(40)16-15-24-11-7-6-8-12-24)31(20-30(27)41)45-34(44)29(39-33(43)23(2)35)19-25-21-36-22-38-25/h4,6-9,11-12,17-18,21-23,26-31,40-41H,3,5,10,13-16,19-20,35H2,1-2H3,(H,36,38)(H,37,42)(H,39,43)/b9-4-,18-17+/t23-,26-,27+,28+,29-,30-,31+/m0/s1. The molecule has 1 saturated carbocycles. The van der Waals surface area contributed by atoms with Crippen molar-refractivity contribution in [2.75, 3.05) is 6.54 Å². The SMILES string of the molecule is CCNC(=O)CCC/C=C\C[C@@H]1[C@@H](/C=C/[C@@H](O)CCc2ccccc2)[C@H](OC(=O)[C@H](Cc2cnc[nH]2)NC(=O)[C@H](C)N)C[C@@H]1O. The highest BCUT2D eigenvalue weighted by Gasteiger charge is 2.43. The van der Waals surface area contributed by atoms with E-state index in [1.165, 1.54) is 13.3 Å². The second-order valence-corrected chi connectivity index (χ2v) is 11.7. The minimum Gasteiger partial charge on any atom is -0.460 e. The van der Waals surface area contributed by atoms with Crippen LogP contribution < -0.4 is 16.4 Å². The molecule has 1 aromatic heterocycles. The smallest absolute Gasteiger partial charge is 0.329 e. The van der Waals surface area contributed by atoms with Crippen LogP contribution >= 0.6 is 0 Å². The lowest BCUT2D eigenvalue weighted by molar-refractivity contribution is -0.154. The highest BCUT2D eigenvalue weighted by Crippen LogP contribution is 2.38. The van der Waals surface area contributed by atoms with Crippen LogP contribution in [-0.4, -0.2) is 74.9 Å². The summed E-state index contributed by atoms with van der Waals surface area (Å²) < 4.78 is 5.98. The van der Waals surface area contributed by atoms with Crippen molar-refractivity contribution in [3.63, 3.8) is 0 Å². The van der Waals surface area contributed by atoms with Gasteiger partial charge in [-0.2, -0.15) is 0 Å². The summed E-state index contributed by atoms with van der Waals surface area (Å²) in [6, 6.07) is 8.08. The van der Waals surface area contributed by atoms with E-state index in [1.807, 2.05) is 55.5 Å². The number of esters is 1. The Bertz CT molecular complexity index is 1230. The van der Waals surface area contributed by atoms with Crippen LogP contribution in [0.25, 0.3) is 0 Å². The van der Waals surface area contributed by atoms with Gasteiger partial charge in [-0.15, -0.1) is 0 Å². The molecule has 2 aromatic rings. The van der Waals surface area contributed by atoms with Crippen molar-refractivity contribution in [2.24, 2.45) is 17.6 Å². The third-order valence-corrected chi connectivity index (χ3v) is 8.00. The molecule has 0 aliphatic heterocycles. The number of carbonyl (C=O) groups excluding carboxylic acids is 3. The summed E-state index contributed by atoms with van der Waals surface area (Å²) in [7, 11) is 0. The number of nitrogens with two attached hydrogens (primary N) is 1. The predicted octanol–water partition coefficient (Wildman–Crippen LogP) is 2.50. The molecule has 45 heavy (non-hydrogen) atoms. The number of hydrogen-bond acceptors (Lipinski definition) is 8. The Balaban J connectivity index is 1.71. The molecule has 0 spiro atoms. The fourth-order valence-electron chi connectivity index (χ4n) is 5.50. The molecule has 11 heteroatoms. The lowest BCUT2D eigenvalue weighted by Crippen LogP contribution is -2.49. The summed E-state index contributed by atoms with van der Waals surface area (Å²) in [5.74, 6) is -1.73. The first kappa shape index (κ1) is 35.7. The maximum absolute atomic E-state index is 13.5. The summed E-state index contributed by atoms with van der Waals surface area (Å²) in [6.45, 7) is 4.03. The number of aromatic nitrogens is 2. The van der Waals surface area contributed by atoms with E-state index < -0.39 is 42.3 Å². The van der Waals surface area contributed by atoms with Crippen molar-refractivity contribution in [2.45, 2.75) is 95.6 Å². The summed E-state index contributed by atoms with van der Waals surface area (Å²) in [5, 5.41) is 27.3. The number of imidazole rings is 1. The van der Waals surface area contributed by atoms with E-state index in [-0.39, 0.29) is 30.6 Å². The van der Waals surface area contributed by atoms with Crippen molar-refractivity contribution in [3.8, 4) is 0 Å². The molecule has 7 atom stereocenters. The second kappa shape index (κ2) is 18.9. The van der Waals surface area contributed by atoms with Gasteiger partial charge in [0.2, 0.25) is 11.8 Å². The zero-order valence-corrected chi connectivity index (χ0v) is 26.3. The molecule has 2 amide bonds.